The monoisotopic (exact) mass is 290 g/mol. The Hall–Kier alpha value is -2.34. The van der Waals surface area contributed by atoms with Crippen LogP contribution in [-0.4, -0.2) is 23.3 Å². The Morgan fingerprint density at radius 3 is 2.62 bits per heavy atom. The average molecular weight is 290 g/mol. The maximum absolute atomic E-state index is 11.0. The van der Waals surface area contributed by atoms with Crippen LogP contribution >= 0.6 is 0 Å². The van der Waals surface area contributed by atoms with E-state index in [1.807, 2.05) is 24.3 Å². The fourth-order valence-electron chi connectivity index (χ4n) is 1.95. The molecule has 1 amide bonds. The minimum absolute atomic E-state index is 0.00900. The third kappa shape index (κ3) is 3.61. The summed E-state index contributed by atoms with van der Waals surface area (Å²) in [7, 11) is 1.61. The number of amides is 1. The van der Waals surface area contributed by atoms with Gasteiger partial charge < -0.3 is 20.1 Å². The fraction of sp³-hybridized carbons (Fsp3) is 0.333. The van der Waals surface area contributed by atoms with Gasteiger partial charge in [-0.1, -0.05) is 17.3 Å². The lowest BCUT2D eigenvalue weighted by Gasteiger charge is -2.19. The molecule has 0 unspecified atom stereocenters. The number of hydrogen-bond acceptors (Lipinski definition) is 5. The molecular formula is C15H18N2O4. The third-order valence-corrected chi connectivity index (χ3v) is 3.35. The average Bonchev–Trinajstić information content (AvgIpc) is 2.97. The summed E-state index contributed by atoms with van der Waals surface area (Å²) in [4.78, 5) is 11.0. The van der Waals surface area contributed by atoms with Gasteiger partial charge >= 0.3 is 0 Å². The molecule has 2 aromatic rings. The van der Waals surface area contributed by atoms with Gasteiger partial charge in [0.1, 0.15) is 11.4 Å². The van der Waals surface area contributed by atoms with Crippen LogP contribution in [-0.2, 0) is 12.0 Å². The number of ether oxygens (including phenoxy) is 1. The number of methoxy groups -OCH3 is 1. The van der Waals surface area contributed by atoms with Crippen molar-refractivity contribution in [3.63, 3.8) is 0 Å². The highest BCUT2D eigenvalue weighted by Gasteiger charge is 2.28. The van der Waals surface area contributed by atoms with Crippen LogP contribution in [0.5, 0.6) is 5.75 Å². The van der Waals surface area contributed by atoms with Crippen LogP contribution < -0.4 is 10.5 Å². The molecule has 112 valence electrons. The Labute approximate surface area is 122 Å². The van der Waals surface area contributed by atoms with Crippen molar-refractivity contribution in [2.45, 2.75) is 25.4 Å². The van der Waals surface area contributed by atoms with Crippen LogP contribution in [0.2, 0.25) is 0 Å². The van der Waals surface area contributed by atoms with Crippen LogP contribution in [0.3, 0.4) is 0 Å². The summed E-state index contributed by atoms with van der Waals surface area (Å²) >= 11 is 0. The Morgan fingerprint density at radius 1 is 1.43 bits per heavy atom. The van der Waals surface area contributed by atoms with Gasteiger partial charge in [0.15, 0.2) is 11.5 Å². The normalized spacial score (nSPS) is 13.7. The van der Waals surface area contributed by atoms with E-state index >= 15 is 0 Å². The van der Waals surface area contributed by atoms with E-state index in [9.17, 15) is 9.90 Å². The second-order valence-electron chi connectivity index (χ2n) is 5.06. The molecule has 1 aromatic carbocycles. The number of nitrogens with two attached hydrogens (primary N) is 1. The first-order valence-electron chi connectivity index (χ1n) is 6.54. The Bertz CT molecular complexity index is 617. The second kappa shape index (κ2) is 5.97. The minimum atomic E-state index is -1.22. The molecular weight excluding hydrogens is 272 g/mol. The molecule has 2 rings (SSSR count). The zero-order valence-corrected chi connectivity index (χ0v) is 12.0. The van der Waals surface area contributed by atoms with Crippen LogP contribution in [0.1, 0.15) is 35.2 Å². The number of carbonyl (C=O) groups is 1. The molecule has 0 aliphatic heterocycles. The van der Waals surface area contributed by atoms with Gasteiger partial charge in [0, 0.05) is 6.07 Å². The van der Waals surface area contributed by atoms with Gasteiger partial charge in [0.05, 0.1) is 7.11 Å². The number of aliphatic hydroxyl groups is 1. The van der Waals surface area contributed by atoms with Gasteiger partial charge in [-0.2, -0.15) is 0 Å². The van der Waals surface area contributed by atoms with Crippen molar-refractivity contribution in [1.29, 1.82) is 0 Å². The first kappa shape index (κ1) is 15.1. The maximum atomic E-state index is 11.0. The predicted octanol–water partition coefficient (Wildman–Crippen LogP) is 1.62. The summed E-state index contributed by atoms with van der Waals surface area (Å²) in [6.45, 7) is 1.61. The number of primary amides is 1. The summed E-state index contributed by atoms with van der Waals surface area (Å²) in [5.41, 5.74) is 4.96. The molecule has 6 nitrogen and oxygen atoms in total. The van der Waals surface area contributed by atoms with E-state index in [0.717, 1.165) is 11.3 Å². The standard InChI is InChI=1S/C15H18N2O4/c1-15(19,13-9-12(14(16)18)17-21-13)8-7-10-3-5-11(20-2)6-4-10/h3-6,9,19H,7-8H2,1-2H3,(H2,16,18)/t15-/m1/s1. The lowest BCUT2D eigenvalue weighted by Crippen LogP contribution is -2.21. The van der Waals surface area contributed by atoms with E-state index in [0.29, 0.717) is 12.8 Å². The molecule has 0 radical (unpaired) electrons. The number of rotatable bonds is 6. The molecule has 0 fully saturated rings. The highest BCUT2D eigenvalue weighted by atomic mass is 16.5. The SMILES string of the molecule is COc1ccc(CC[C@@](C)(O)c2cc(C(N)=O)no2)cc1. The smallest absolute Gasteiger partial charge is 0.270 e. The molecule has 21 heavy (non-hydrogen) atoms. The van der Waals surface area contributed by atoms with Crippen molar-refractivity contribution in [2.24, 2.45) is 5.73 Å². The number of benzene rings is 1. The molecule has 6 heteroatoms. The molecule has 1 atom stereocenters. The Morgan fingerprint density at radius 2 is 2.10 bits per heavy atom. The molecule has 0 saturated heterocycles. The van der Waals surface area contributed by atoms with Crippen molar-refractivity contribution in [3.05, 3.63) is 47.3 Å². The van der Waals surface area contributed by atoms with Gasteiger partial charge in [-0.3, -0.25) is 4.79 Å². The lowest BCUT2D eigenvalue weighted by molar-refractivity contribution is 0.0199. The van der Waals surface area contributed by atoms with Crippen LogP contribution in [0, 0.1) is 0 Å². The maximum Gasteiger partial charge on any atom is 0.270 e. The number of nitrogens with zero attached hydrogens (tertiary/aromatic N) is 1. The van der Waals surface area contributed by atoms with E-state index in [4.69, 9.17) is 15.0 Å². The van der Waals surface area contributed by atoms with Gasteiger partial charge in [-0.25, -0.2) is 0 Å². The molecule has 1 heterocycles. The van der Waals surface area contributed by atoms with E-state index in [1.54, 1.807) is 14.0 Å². The first-order valence-corrected chi connectivity index (χ1v) is 6.54. The van der Waals surface area contributed by atoms with Crippen molar-refractivity contribution < 1.29 is 19.2 Å². The Kier molecular flexibility index (Phi) is 4.28. The molecule has 0 aliphatic rings. The number of hydrogen-bond donors (Lipinski definition) is 2. The summed E-state index contributed by atoms with van der Waals surface area (Å²) < 4.78 is 10.1. The second-order valence-corrected chi connectivity index (χ2v) is 5.06. The van der Waals surface area contributed by atoms with Crippen molar-refractivity contribution >= 4 is 5.91 Å². The van der Waals surface area contributed by atoms with E-state index < -0.39 is 11.5 Å². The summed E-state index contributed by atoms with van der Waals surface area (Å²) in [6, 6.07) is 8.97. The van der Waals surface area contributed by atoms with Crippen molar-refractivity contribution in [2.75, 3.05) is 7.11 Å². The highest BCUT2D eigenvalue weighted by molar-refractivity contribution is 5.90. The zero-order chi connectivity index (χ0) is 15.5. The quantitative estimate of drug-likeness (QED) is 0.842. The molecule has 0 aliphatic carbocycles. The summed E-state index contributed by atoms with van der Waals surface area (Å²) in [6.07, 6.45) is 1.07. The zero-order valence-electron chi connectivity index (χ0n) is 12.0. The minimum Gasteiger partial charge on any atom is -0.497 e. The first-order chi connectivity index (χ1) is 9.92. The molecule has 0 bridgehead atoms. The number of aromatic nitrogens is 1. The predicted molar refractivity (Wildman–Crippen MR) is 75.9 cm³/mol. The summed E-state index contributed by atoms with van der Waals surface area (Å²) in [5.74, 6) is 0.326. The largest absolute Gasteiger partial charge is 0.497 e. The van der Waals surface area contributed by atoms with E-state index in [2.05, 4.69) is 5.16 Å². The van der Waals surface area contributed by atoms with E-state index in [1.165, 1.54) is 6.07 Å². The van der Waals surface area contributed by atoms with Gasteiger partial charge in [-0.05, 0) is 37.5 Å². The van der Waals surface area contributed by atoms with Gasteiger partial charge in [-0.15, -0.1) is 0 Å². The topological polar surface area (TPSA) is 98.6 Å². The fourth-order valence-corrected chi connectivity index (χ4v) is 1.95. The van der Waals surface area contributed by atoms with Gasteiger partial charge in [0.2, 0.25) is 0 Å². The Balaban J connectivity index is 2.03. The molecule has 3 N–H and O–H groups in total. The third-order valence-electron chi connectivity index (χ3n) is 3.35. The van der Waals surface area contributed by atoms with E-state index in [-0.39, 0.29) is 11.5 Å². The highest BCUT2D eigenvalue weighted by Crippen LogP contribution is 2.27. The van der Waals surface area contributed by atoms with Crippen LogP contribution in [0.15, 0.2) is 34.9 Å². The molecule has 0 spiro atoms. The van der Waals surface area contributed by atoms with Crippen LogP contribution in [0.4, 0.5) is 0 Å². The number of aryl methyl sites for hydroxylation is 1. The van der Waals surface area contributed by atoms with Crippen LogP contribution in [0.25, 0.3) is 0 Å². The lowest BCUT2D eigenvalue weighted by atomic mass is 9.94. The molecule has 0 saturated carbocycles. The van der Waals surface area contributed by atoms with Crippen molar-refractivity contribution in [3.8, 4) is 5.75 Å². The molecule has 1 aromatic heterocycles. The van der Waals surface area contributed by atoms with Crippen molar-refractivity contribution in [1.82, 2.24) is 5.16 Å². The van der Waals surface area contributed by atoms with Gasteiger partial charge in [0.25, 0.3) is 5.91 Å². The summed E-state index contributed by atoms with van der Waals surface area (Å²) in [5, 5.41) is 14.0. The number of carbonyl (C=O) groups excluding carboxylic acids is 1.